The number of rotatable bonds is 7. The molecule has 4 rings (SSSR count). The highest BCUT2D eigenvalue weighted by molar-refractivity contribution is 5.94. The number of hydrogen-bond donors (Lipinski definition) is 0. The highest BCUT2D eigenvalue weighted by atomic mass is 16.5. The van der Waals surface area contributed by atoms with Gasteiger partial charge in [0.2, 0.25) is 5.78 Å². The van der Waals surface area contributed by atoms with E-state index in [0.717, 1.165) is 29.9 Å². The molecule has 6 nitrogen and oxygen atoms in total. The Labute approximate surface area is 162 Å². The van der Waals surface area contributed by atoms with Crippen molar-refractivity contribution in [3.63, 3.8) is 0 Å². The van der Waals surface area contributed by atoms with Crippen LogP contribution in [0.4, 0.5) is 0 Å². The molecule has 0 bridgehead atoms. The number of hydrogen-bond acceptors (Lipinski definition) is 6. The van der Waals surface area contributed by atoms with E-state index in [1.807, 2.05) is 48.5 Å². The summed E-state index contributed by atoms with van der Waals surface area (Å²) in [5.74, 6) is 1.72. The highest BCUT2D eigenvalue weighted by Gasteiger charge is 2.29. The standard InChI is InChI=1S/C22H19NO5/c24-14-26-13-20-12-23-22(28-20)21(25)17-7-6-16-11-19(9-8-15(16)10-17)27-18-4-2-1-3-5-18/h1-5,8-9,11-12,14,17H,6-7,10,13H2. The van der Waals surface area contributed by atoms with E-state index in [4.69, 9.17) is 9.15 Å². The molecule has 1 aliphatic carbocycles. The van der Waals surface area contributed by atoms with Crippen LogP contribution in [0.5, 0.6) is 11.5 Å². The van der Waals surface area contributed by atoms with Gasteiger partial charge >= 0.3 is 0 Å². The Morgan fingerprint density at radius 2 is 2.00 bits per heavy atom. The van der Waals surface area contributed by atoms with Gasteiger partial charge in [-0.05, 0) is 54.7 Å². The minimum atomic E-state index is -0.174. The topological polar surface area (TPSA) is 78.6 Å². The number of carbonyl (C=O) groups excluding carboxylic acids is 2. The third-order valence-corrected chi connectivity index (χ3v) is 4.81. The molecule has 1 aliphatic rings. The Kier molecular flexibility index (Phi) is 5.19. The second-order valence-electron chi connectivity index (χ2n) is 6.69. The molecule has 0 spiro atoms. The molecule has 0 saturated carbocycles. The van der Waals surface area contributed by atoms with Crippen molar-refractivity contribution < 1.29 is 23.5 Å². The summed E-state index contributed by atoms with van der Waals surface area (Å²) in [7, 11) is 0. The number of ether oxygens (including phenoxy) is 2. The maximum Gasteiger partial charge on any atom is 0.293 e. The second kappa shape index (κ2) is 8.08. The third-order valence-electron chi connectivity index (χ3n) is 4.81. The number of ketones is 1. The molecule has 0 fully saturated rings. The van der Waals surface area contributed by atoms with Gasteiger partial charge in [-0.15, -0.1) is 0 Å². The number of fused-ring (bicyclic) bond motifs is 1. The summed E-state index contributed by atoms with van der Waals surface area (Å²) >= 11 is 0. The summed E-state index contributed by atoms with van der Waals surface area (Å²) in [5, 5.41) is 0. The lowest BCUT2D eigenvalue weighted by Crippen LogP contribution is -2.23. The summed E-state index contributed by atoms with van der Waals surface area (Å²) in [6, 6.07) is 15.6. The van der Waals surface area contributed by atoms with Crippen molar-refractivity contribution >= 4 is 12.3 Å². The molecule has 28 heavy (non-hydrogen) atoms. The van der Waals surface area contributed by atoms with Crippen molar-refractivity contribution in [1.82, 2.24) is 4.98 Å². The van der Waals surface area contributed by atoms with Gasteiger partial charge < -0.3 is 13.9 Å². The fourth-order valence-electron chi connectivity index (χ4n) is 3.42. The lowest BCUT2D eigenvalue weighted by atomic mass is 9.81. The van der Waals surface area contributed by atoms with Crippen molar-refractivity contribution in [3.05, 3.63) is 77.5 Å². The zero-order valence-electron chi connectivity index (χ0n) is 15.2. The number of nitrogens with zero attached hydrogens (tertiary/aromatic N) is 1. The van der Waals surface area contributed by atoms with Crippen LogP contribution < -0.4 is 4.74 Å². The molecule has 3 aromatic rings. The Hall–Kier alpha value is -3.41. The van der Waals surface area contributed by atoms with Crippen LogP contribution in [0, 0.1) is 5.92 Å². The van der Waals surface area contributed by atoms with Crippen LogP contribution in [0.15, 0.2) is 59.1 Å². The van der Waals surface area contributed by atoms with E-state index in [-0.39, 0.29) is 24.2 Å². The Bertz CT molecular complexity index is 980. The van der Waals surface area contributed by atoms with E-state index in [1.54, 1.807) is 0 Å². The molecule has 1 heterocycles. The predicted octanol–water partition coefficient (Wildman–Crippen LogP) is 4.13. The Morgan fingerprint density at radius 1 is 1.14 bits per heavy atom. The molecule has 0 amide bonds. The van der Waals surface area contributed by atoms with Crippen molar-refractivity contribution in [3.8, 4) is 11.5 Å². The lowest BCUT2D eigenvalue weighted by Gasteiger charge is -2.23. The number of carbonyl (C=O) groups is 2. The lowest BCUT2D eigenvalue weighted by molar-refractivity contribution is -0.130. The maximum atomic E-state index is 12.7. The molecule has 0 aliphatic heterocycles. The summed E-state index contributed by atoms with van der Waals surface area (Å²) in [5.41, 5.74) is 2.34. The van der Waals surface area contributed by atoms with Gasteiger partial charge in [-0.3, -0.25) is 9.59 Å². The summed E-state index contributed by atoms with van der Waals surface area (Å²) < 4.78 is 15.9. The summed E-state index contributed by atoms with van der Waals surface area (Å²) in [4.78, 5) is 27.0. The first-order valence-corrected chi connectivity index (χ1v) is 9.12. The van der Waals surface area contributed by atoms with E-state index >= 15 is 0 Å². The van der Waals surface area contributed by atoms with Gasteiger partial charge in [0.25, 0.3) is 12.4 Å². The van der Waals surface area contributed by atoms with Crippen molar-refractivity contribution in [2.24, 2.45) is 5.92 Å². The first kappa shape index (κ1) is 18.0. The SMILES string of the molecule is O=COCc1cnc(C(=O)C2CCc3cc(Oc4ccccc4)ccc3C2)o1. The normalized spacial score (nSPS) is 15.5. The Morgan fingerprint density at radius 3 is 2.82 bits per heavy atom. The molecule has 1 atom stereocenters. The largest absolute Gasteiger partial charge is 0.460 e. The van der Waals surface area contributed by atoms with E-state index in [1.165, 1.54) is 11.8 Å². The number of para-hydroxylation sites is 1. The van der Waals surface area contributed by atoms with Crippen molar-refractivity contribution in [2.45, 2.75) is 25.9 Å². The van der Waals surface area contributed by atoms with Crippen LogP contribution in [0.1, 0.15) is 34.0 Å². The van der Waals surface area contributed by atoms with Gasteiger partial charge in [-0.1, -0.05) is 24.3 Å². The smallest absolute Gasteiger partial charge is 0.293 e. The summed E-state index contributed by atoms with van der Waals surface area (Å²) in [6.45, 7) is 0.305. The van der Waals surface area contributed by atoms with Crippen molar-refractivity contribution in [1.29, 1.82) is 0 Å². The third kappa shape index (κ3) is 3.96. The van der Waals surface area contributed by atoms with E-state index in [0.29, 0.717) is 18.7 Å². The number of aryl methyl sites for hydroxylation is 1. The monoisotopic (exact) mass is 377 g/mol. The molecule has 0 N–H and O–H groups in total. The van der Waals surface area contributed by atoms with Crippen LogP contribution in [-0.2, 0) is 29.0 Å². The zero-order chi connectivity index (χ0) is 19.3. The molecule has 1 aromatic heterocycles. The molecule has 142 valence electrons. The van der Waals surface area contributed by atoms with Crippen LogP contribution in [0.25, 0.3) is 0 Å². The van der Waals surface area contributed by atoms with Crippen LogP contribution in [0.2, 0.25) is 0 Å². The van der Waals surface area contributed by atoms with Gasteiger partial charge in [0, 0.05) is 5.92 Å². The van der Waals surface area contributed by atoms with E-state index in [2.05, 4.69) is 9.72 Å². The van der Waals surface area contributed by atoms with E-state index in [9.17, 15) is 9.59 Å². The molecule has 6 heteroatoms. The number of Topliss-reactive ketones (excluding diaryl/α,β-unsaturated/α-hetero) is 1. The van der Waals surface area contributed by atoms with Gasteiger partial charge in [0.15, 0.2) is 12.4 Å². The molecule has 0 radical (unpaired) electrons. The fraction of sp³-hybridized carbons (Fsp3) is 0.227. The molecule has 2 aromatic carbocycles. The molecular formula is C22H19NO5. The van der Waals surface area contributed by atoms with Gasteiger partial charge in [0.05, 0.1) is 6.20 Å². The van der Waals surface area contributed by atoms with Gasteiger partial charge in [0.1, 0.15) is 11.5 Å². The second-order valence-corrected chi connectivity index (χ2v) is 6.69. The quantitative estimate of drug-likeness (QED) is 0.455. The highest BCUT2D eigenvalue weighted by Crippen LogP contribution is 2.32. The molecular weight excluding hydrogens is 358 g/mol. The predicted molar refractivity (Wildman–Crippen MR) is 100 cm³/mol. The molecule has 0 saturated heterocycles. The van der Waals surface area contributed by atoms with Crippen LogP contribution in [0.3, 0.4) is 0 Å². The zero-order valence-corrected chi connectivity index (χ0v) is 15.2. The fourth-order valence-corrected chi connectivity index (χ4v) is 3.42. The van der Waals surface area contributed by atoms with E-state index < -0.39 is 0 Å². The number of oxazole rings is 1. The molecule has 1 unspecified atom stereocenters. The average Bonchev–Trinajstić information content (AvgIpc) is 3.21. The first-order valence-electron chi connectivity index (χ1n) is 9.12. The first-order chi connectivity index (χ1) is 13.7. The number of benzene rings is 2. The summed E-state index contributed by atoms with van der Waals surface area (Å²) in [6.07, 6.45) is 3.58. The maximum absolute atomic E-state index is 12.7. The average molecular weight is 377 g/mol. The van der Waals surface area contributed by atoms with Gasteiger partial charge in [-0.25, -0.2) is 4.98 Å². The minimum absolute atomic E-state index is 0.0263. The van der Waals surface area contributed by atoms with Crippen LogP contribution >= 0.6 is 0 Å². The van der Waals surface area contributed by atoms with Crippen molar-refractivity contribution in [2.75, 3.05) is 0 Å². The number of aromatic nitrogens is 1. The van der Waals surface area contributed by atoms with Crippen LogP contribution in [-0.4, -0.2) is 17.2 Å². The minimum Gasteiger partial charge on any atom is -0.460 e. The Balaban J connectivity index is 1.43. The van der Waals surface area contributed by atoms with Gasteiger partial charge in [-0.2, -0.15) is 0 Å².